The highest BCUT2D eigenvalue weighted by Gasteiger charge is 2.16. The number of hydrogen-bond donors (Lipinski definition) is 3. The Hall–Kier alpha value is -3.79. The first kappa shape index (κ1) is 23.9. The predicted octanol–water partition coefficient (Wildman–Crippen LogP) is 0.912. The fourth-order valence-corrected chi connectivity index (χ4v) is 3.01. The summed E-state index contributed by atoms with van der Waals surface area (Å²) in [6.45, 7) is 1.46. The van der Waals surface area contributed by atoms with E-state index in [1.807, 2.05) is 6.07 Å². The first-order valence-electron chi connectivity index (χ1n) is 10.7. The van der Waals surface area contributed by atoms with Crippen LogP contribution in [0.2, 0.25) is 0 Å². The highest BCUT2D eigenvalue weighted by Crippen LogP contribution is 2.12. The number of amides is 3. The van der Waals surface area contributed by atoms with Gasteiger partial charge in [-0.05, 0) is 54.3 Å². The Balaban J connectivity index is 1.31. The number of carbonyl (C=O) groups is 3. The first-order valence-corrected chi connectivity index (χ1v) is 10.7. The van der Waals surface area contributed by atoms with E-state index >= 15 is 0 Å². The molecule has 10 nitrogen and oxygen atoms in total. The van der Waals surface area contributed by atoms with Gasteiger partial charge in [0.05, 0.1) is 12.3 Å². The number of benzene rings is 1. The van der Waals surface area contributed by atoms with Gasteiger partial charge >= 0.3 is 0 Å². The van der Waals surface area contributed by atoms with Crippen molar-refractivity contribution in [3.05, 3.63) is 59.9 Å². The van der Waals surface area contributed by atoms with Crippen LogP contribution in [-0.2, 0) is 25.7 Å². The summed E-state index contributed by atoms with van der Waals surface area (Å²) in [6.07, 6.45) is 6.48. The molecule has 1 atom stereocenters. The van der Waals surface area contributed by atoms with Gasteiger partial charge in [-0.1, -0.05) is 6.07 Å². The van der Waals surface area contributed by atoms with Crippen LogP contribution in [0.5, 0.6) is 5.75 Å². The number of pyridine rings is 1. The van der Waals surface area contributed by atoms with Crippen molar-refractivity contribution in [1.29, 1.82) is 0 Å². The molecule has 0 radical (unpaired) electrons. The molecule has 3 amide bonds. The maximum atomic E-state index is 11.9. The molecule has 0 spiro atoms. The van der Waals surface area contributed by atoms with Crippen LogP contribution in [0.25, 0.3) is 0 Å². The Morgan fingerprint density at radius 2 is 1.97 bits per heavy atom. The lowest BCUT2D eigenvalue weighted by Gasteiger charge is -2.11. The van der Waals surface area contributed by atoms with Crippen molar-refractivity contribution in [2.75, 3.05) is 19.8 Å². The number of nitrogens with zero attached hydrogens (tertiary/aromatic N) is 2. The molecule has 0 bridgehead atoms. The maximum Gasteiger partial charge on any atom is 0.258 e. The molecule has 1 aromatic carbocycles. The average molecular weight is 453 g/mol. The summed E-state index contributed by atoms with van der Waals surface area (Å²) in [5, 5.41) is 9.29. The van der Waals surface area contributed by atoms with Crippen molar-refractivity contribution in [3.8, 4) is 5.75 Å². The Bertz CT molecular complexity index is 943. The molecule has 174 valence electrons. The molecule has 1 aromatic heterocycles. The standard InChI is InChI=1S/C23H27N5O5/c29-21(25-13-18-3-1-9-24-12-18)11-22(30)28-27-14-17-5-7-19(8-6-17)33-16-23(31)26-15-20-4-2-10-32-20/h1,3,5-9,12,14,20H,2,4,10-11,13,15-16H2,(H,25,29)(H,26,31)(H,28,30)/b27-14+/t20-/m1/s1. The van der Waals surface area contributed by atoms with E-state index in [2.05, 4.69) is 26.1 Å². The topological polar surface area (TPSA) is 131 Å². The fraction of sp³-hybridized carbons (Fsp3) is 0.348. The van der Waals surface area contributed by atoms with E-state index in [9.17, 15) is 14.4 Å². The van der Waals surface area contributed by atoms with E-state index < -0.39 is 11.8 Å². The van der Waals surface area contributed by atoms with Gasteiger partial charge in [-0.25, -0.2) is 5.43 Å². The normalized spacial score (nSPS) is 15.2. The number of hydrogen-bond acceptors (Lipinski definition) is 7. The van der Waals surface area contributed by atoms with Crippen molar-refractivity contribution in [2.45, 2.75) is 31.9 Å². The second-order valence-electron chi connectivity index (χ2n) is 7.40. The van der Waals surface area contributed by atoms with Crippen LogP contribution in [0.3, 0.4) is 0 Å². The zero-order valence-corrected chi connectivity index (χ0v) is 18.2. The zero-order chi connectivity index (χ0) is 23.3. The van der Waals surface area contributed by atoms with E-state index in [1.165, 1.54) is 6.21 Å². The van der Waals surface area contributed by atoms with Gasteiger partial charge in [0.25, 0.3) is 5.91 Å². The Morgan fingerprint density at radius 3 is 2.70 bits per heavy atom. The van der Waals surface area contributed by atoms with Crippen molar-refractivity contribution in [3.63, 3.8) is 0 Å². The summed E-state index contributed by atoms with van der Waals surface area (Å²) < 4.78 is 10.9. The monoisotopic (exact) mass is 453 g/mol. The lowest BCUT2D eigenvalue weighted by Crippen LogP contribution is -2.35. The second-order valence-corrected chi connectivity index (χ2v) is 7.40. The minimum atomic E-state index is -0.524. The average Bonchev–Trinajstić information content (AvgIpc) is 3.35. The number of carbonyl (C=O) groups excluding carboxylic acids is 3. The van der Waals surface area contributed by atoms with Gasteiger partial charge in [-0.15, -0.1) is 0 Å². The van der Waals surface area contributed by atoms with Crippen LogP contribution in [0.1, 0.15) is 30.4 Å². The van der Waals surface area contributed by atoms with E-state index in [4.69, 9.17) is 9.47 Å². The molecule has 10 heteroatoms. The van der Waals surface area contributed by atoms with Crippen LogP contribution in [0.4, 0.5) is 0 Å². The quantitative estimate of drug-likeness (QED) is 0.263. The third-order valence-electron chi connectivity index (χ3n) is 4.74. The SMILES string of the molecule is O=C(COc1ccc(/C=N/NC(=O)CC(=O)NCc2cccnc2)cc1)NC[C@H]1CCCO1. The molecule has 2 heterocycles. The van der Waals surface area contributed by atoms with E-state index in [0.717, 1.165) is 25.0 Å². The van der Waals surface area contributed by atoms with Crippen LogP contribution in [0.15, 0.2) is 53.9 Å². The number of nitrogens with one attached hydrogen (secondary N) is 3. The van der Waals surface area contributed by atoms with Gasteiger partial charge in [0.15, 0.2) is 6.61 Å². The molecule has 0 saturated carbocycles. The fourth-order valence-electron chi connectivity index (χ4n) is 3.01. The number of rotatable bonds is 11. The largest absolute Gasteiger partial charge is 0.484 e. The van der Waals surface area contributed by atoms with E-state index in [0.29, 0.717) is 24.4 Å². The van der Waals surface area contributed by atoms with Gasteiger partial charge in [-0.3, -0.25) is 19.4 Å². The lowest BCUT2D eigenvalue weighted by atomic mass is 10.2. The summed E-state index contributed by atoms with van der Waals surface area (Å²) in [5.74, 6) is -0.603. The predicted molar refractivity (Wildman–Crippen MR) is 120 cm³/mol. The molecule has 2 aromatic rings. The van der Waals surface area contributed by atoms with Crippen LogP contribution in [-0.4, -0.2) is 54.8 Å². The van der Waals surface area contributed by atoms with Gasteiger partial charge in [0.1, 0.15) is 12.2 Å². The Kier molecular flexibility index (Phi) is 9.34. The number of aromatic nitrogens is 1. The minimum absolute atomic E-state index is 0.0843. The van der Waals surface area contributed by atoms with Crippen molar-refractivity contribution in [2.24, 2.45) is 5.10 Å². The molecular weight excluding hydrogens is 426 g/mol. The zero-order valence-electron chi connectivity index (χ0n) is 18.2. The van der Waals surface area contributed by atoms with Crippen LogP contribution >= 0.6 is 0 Å². The Labute approximate surface area is 191 Å². The summed E-state index contributed by atoms with van der Waals surface area (Å²) >= 11 is 0. The minimum Gasteiger partial charge on any atom is -0.484 e. The summed E-state index contributed by atoms with van der Waals surface area (Å²) in [5.41, 5.74) is 3.87. The molecule has 0 unspecified atom stereocenters. The highest BCUT2D eigenvalue weighted by atomic mass is 16.5. The first-order chi connectivity index (χ1) is 16.1. The molecule has 3 rings (SSSR count). The van der Waals surface area contributed by atoms with Crippen LogP contribution in [0, 0.1) is 0 Å². The third kappa shape index (κ3) is 9.08. The second kappa shape index (κ2) is 12.9. The molecule has 0 aliphatic carbocycles. The van der Waals surface area contributed by atoms with Crippen molar-refractivity contribution >= 4 is 23.9 Å². The molecule has 33 heavy (non-hydrogen) atoms. The van der Waals surface area contributed by atoms with E-state index in [-0.39, 0.29) is 25.0 Å². The Morgan fingerprint density at radius 1 is 1.12 bits per heavy atom. The highest BCUT2D eigenvalue weighted by molar-refractivity contribution is 5.97. The smallest absolute Gasteiger partial charge is 0.258 e. The number of ether oxygens (including phenoxy) is 2. The van der Waals surface area contributed by atoms with Crippen molar-refractivity contribution < 1.29 is 23.9 Å². The van der Waals surface area contributed by atoms with Gasteiger partial charge < -0.3 is 20.1 Å². The van der Waals surface area contributed by atoms with Crippen molar-refractivity contribution in [1.82, 2.24) is 21.0 Å². The molecule has 1 saturated heterocycles. The third-order valence-corrected chi connectivity index (χ3v) is 4.74. The molecule has 1 aliphatic heterocycles. The van der Waals surface area contributed by atoms with Gasteiger partial charge in [0, 0.05) is 32.1 Å². The molecule has 3 N–H and O–H groups in total. The van der Waals surface area contributed by atoms with E-state index in [1.54, 1.807) is 42.7 Å². The lowest BCUT2D eigenvalue weighted by molar-refractivity contribution is -0.129. The molecule has 1 fully saturated rings. The van der Waals surface area contributed by atoms with Gasteiger partial charge in [0.2, 0.25) is 11.8 Å². The van der Waals surface area contributed by atoms with Crippen LogP contribution < -0.4 is 20.8 Å². The molecule has 1 aliphatic rings. The summed E-state index contributed by atoms with van der Waals surface area (Å²) in [6, 6.07) is 10.5. The summed E-state index contributed by atoms with van der Waals surface area (Å²) in [4.78, 5) is 39.5. The summed E-state index contributed by atoms with van der Waals surface area (Å²) in [7, 11) is 0. The molecular formula is C23H27N5O5. The van der Waals surface area contributed by atoms with Gasteiger partial charge in [-0.2, -0.15) is 5.10 Å². The number of hydrazone groups is 1. The maximum absolute atomic E-state index is 11.9.